The predicted octanol–water partition coefficient (Wildman–Crippen LogP) is 4.27. The summed E-state index contributed by atoms with van der Waals surface area (Å²) in [6, 6.07) is 7.79. The number of rotatable bonds is 7. The van der Waals surface area contributed by atoms with E-state index >= 15 is 0 Å². The van der Waals surface area contributed by atoms with Crippen molar-refractivity contribution in [2.75, 3.05) is 11.9 Å². The first-order valence-corrected chi connectivity index (χ1v) is 8.06. The average molecular weight is 304 g/mol. The van der Waals surface area contributed by atoms with Gasteiger partial charge in [-0.05, 0) is 36.9 Å². The van der Waals surface area contributed by atoms with E-state index < -0.39 is 0 Å². The number of hydrogen-bond acceptors (Lipinski definition) is 5. The molecular weight excluding hydrogens is 284 g/mol. The molecule has 0 aliphatic carbocycles. The van der Waals surface area contributed by atoms with E-state index in [0.717, 1.165) is 12.8 Å². The lowest BCUT2D eigenvalue weighted by atomic mass is 10.1. The summed E-state index contributed by atoms with van der Waals surface area (Å²) in [4.78, 5) is 17.5. The Morgan fingerprint density at radius 1 is 1.38 bits per heavy atom. The van der Waals surface area contributed by atoms with Crippen LogP contribution in [0.5, 0.6) is 0 Å². The smallest absolute Gasteiger partial charge is 0.341 e. The number of carbonyl (C=O) groups is 1. The lowest BCUT2D eigenvalue weighted by Crippen LogP contribution is -2.15. The molecule has 4 nitrogen and oxygen atoms in total. The normalized spacial score (nSPS) is 11.9. The van der Waals surface area contributed by atoms with E-state index in [-0.39, 0.29) is 12.0 Å². The third-order valence-electron chi connectivity index (χ3n) is 3.08. The standard InChI is InChI=1S/C16H20N2O2S/c1-3-7-13(14-9-6-11-21-14)18-15-12(8-5-10-17-15)16(19)20-4-2/h5-6,8-11,13H,3-4,7H2,1-2H3,(H,17,18). The van der Waals surface area contributed by atoms with Crippen LogP contribution in [0.2, 0.25) is 0 Å². The zero-order valence-corrected chi connectivity index (χ0v) is 13.2. The molecule has 0 amide bonds. The number of anilines is 1. The van der Waals surface area contributed by atoms with Crippen LogP contribution in [-0.2, 0) is 4.74 Å². The van der Waals surface area contributed by atoms with Crippen LogP contribution >= 0.6 is 11.3 Å². The second-order valence-electron chi connectivity index (χ2n) is 4.62. The van der Waals surface area contributed by atoms with Gasteiger partial charge < -0.3 is 10.1 Å². The minimum Gasteiger partial charge on any atom is -0.462 e. The molecule has 0 saturated heterocycles. The number of nitrogens with zero attached hydrogens (tertiary/aromatic N) is 1. The van der Waals surface area contributed by atoms with Crippen molar-refractivity contribution >= 4 is 23.1 Å². The topological polar surface area (TPSA) is 51.2 Å². The van der Waals surface area contributed by atoms with Gasteiger partial charge in [-0.2, -0.15) is 0 Å². The minimum absolute atomic E-state index is 0.165. The van der Waals surface area contributed by atoms with Crippen molar-refractivity contribution in [3.05, 3.63) is 46.3 Å². The highest BCUT2D eigenvalue weighted by Gasteiger charge is 2.18. The number of thiophene rings is 1. The van der Waals surface area contributed by atoms with Crippen molar-refractivity contribution < 1.29 is 9.53 Å². The van der Waals surface area contributed by atoms with Gasteiger partial charge in [0, 0.05) is 11.1 Å². The Hall–Kier alpha value is -1.88. The zero-order valence-electron chi connectivity index (χ0n) is 12.3. The average Bonchev–Trinajstić information content (AvgIpc) is 3.02. The fourth-order valence-corrected chi connectivity index (χ4v) is 2.94. The van der Waals surface area contributed by atoms with Gasteiger partial charge in [-0.1, -0.05) is 19.4 Å². The largest absolute Gasteiger partial charge is 0.462 e. The number of pyridine rings is 1. The zero-order chi connectivity index (χ0) is 15.1. The van der Waals surface area contributed by atoms with Crippen molar-refractivity contribution in [3.63, 3.8) is 0 Å². The SMILES string of the molecule is CCCC(Nc1ncccc1C(=O)OCC)c1cccs1. The molecule has 0 fully saturated rings. The highest BCUT2D eigenvalue weighted by Crippen LogP contribution is 2.28. The molecular formula is C16H20N2O2S. The number of hydrogen-bond donors (Lipinski definition) is 1. The predicted molar refractivity (Wildman–Crippen MR) is 85.8 cm³/mol. The number of aromatic nitrogens is 1. The van der Waals surface area contributed by atoms with Crippen LogP contribution in [0.1, 0.15) is 48.0 Å². The fourth-order valence-electron chi connectivity index (χ4n) is 2.12. The van der Waals surface area contributed by atoms with Crippen LogP contribution in [0.25, 0.3) is 0 Å². The highest BCUT2D eigenvalue weighted by molar-refractivity contribution is 7.10. The molecule has 0 aromatic carbocycles. The van der Waals surface area contributed by atoms with Crippen molar-refractivity contribution in [3.8, 4) is 0 Å². The van der Waals surface area contributed by atoms with Gasteiger partial charge in [0.15, 0.2) is 0 Å². The van der Waals surface area contributed by atoms with Crippen molar-refractivity contribution in [1.29, 1.82) is 0 Å². The Bertz CT molecular complexity index is 569. The molecule has 1 unspecified atom stereocenters. The van der Waals surface area contributed by atoms with Gasteiger partial charge in [0.25, 0.3) is 0 Å². The second kappa shape index (κ2) is 7.78. The van der Waals surface area contributed by atoms with Crippen LogP contribution < -0.4 is 5.32 Å². The lowest BCUT2D eigenvalue weighted by molar-refractivity contribution is 0.0527. The molecule has 0 aliphatic heterocycles. The summed E-state index contributed by atoms with van der Waals surface area (Å²) in [7, 11) is 0. The van der Waals surface area contributed by atoms with Gasteiger partial charge in [-0.3, -0.25) is 0 Å². The number of ether oxygens (including phenoxy) is 1. The first-order valence-electron chi connectivity index (χ1n) is 7.18. The molecule has 1 N–H and O–H groups in total. The Morgan fingerprint density at radius 3 is 2.90 bits per heavy atom. The van der Waals surface area contributed by atoms with E-state index in [1.165, 1.54) is 4.88 Å². The fraction of sp³-hybridized carbons (Fsp3) is 0.375. The Morgan fingerprint density at radius 2 is 2.24 bits per heavy atom. The van der Waals surface area contributed by atoms with Gasteiger partial charge in [0.2, 0.25) is 0 Å². The van der Waals surface area contributed by atoms with Crippen LogP contribution in [0, 0.1) is 0 Å². The van der Waals surface area contributed by atoms with E-state index in [1.54, 1.807) is 36.6 Å². The number of carbonyl (C=O) groups excluding carboxylic acids is 1. The van der Waals surface area contributed by atoms with Gasteiger partial charge >= 0.3 is 5.97 Å². The highest BCUT2D eigenvalue weighted by atomic mass is 32.1. The summed E-state index contributed by atoms with van der Waals surface area (Å²) < 4.78 is 5.08. The monoisotopic (exact) mass is 304 g/mol. The Balaban J connectivity index is 2.22. The van der Waals surface area contributed by atoms with Gasteiger partial charge in [0.1, 0.15) is 11.4 Å². The summed E-state index contributed by atoms with van der Waals surface area (Å²) >= 11 is 1.71. The second-order valence-corrected chi connectivity index (χ2v) is 5.60. The molecule has 0 spiro atoms. The third-order valence-corrected chi connectivity index (χ3v) is 4.06. The summed E-state index contributed by atoms with van der Waals surface area (Å²) in [5.41, 5.74) is 0.483. The van der Waals surface area contributed by atoms with E-state index in [2.05, 4.69) is 28.7 Å². The molecule has 0 radical (unpaired) electrons. The summed E-state index contributed by atoms with van der Waals surface area (Å²) in [5, 5.41) is 5.45. The molecule has 0 bridgehead atoms. The molecule has 112 valence electrons. The third kappa shape index (κ3) is 4.04. The maximum atomic E-state index is 12.0. The number of esters is 1. The molecule has 0 aliphatic rings. The maximum Gasteiger partial charge on any atom is 0.341 e. The van der Waals surface area contributed by atoms with Gasteiger partial charge in [-0.25, -0.2) is 9.78 Å². The minimum atomic E-state index is -0.338. The van der Waals surface area contributed by atoms with Crippen LogP contribution in [0.4, 0.5) is 5.82 Å². The first kappa shape index (κ1) is 15.5. The molecule has 21 heavy (non-hydrogen) atoms. The molecule has 1 atom stereocenters. The van der Waals surface area contributed by atoms with Crippen LogP contribution in [-0.4, -0.2) is 17.6 Å². The van der Waals surface area contributed by atoms with Gasteiger partial charge in [0.05, 0.1) is 12.6 Å². The van der Waals surface area contributed by atoms with E-state index in [1.807, 2.05) is 6.07 Å². The summed E-state index contributed by atoms with van der Waals surface area (Å²) in [5.74, 6) is 0.248. The maximum absolute atomic E-state index is 12.0. The van der Waals surface area contributed by atoms with Crippen molar-refractivity contribution in [2.24, 2.45) is 0 Å². The van der Waals surface area contributed by atoms with Gasteiger partial charge in [-0.15, -0.1) is 11.3 Å². The van der Waals surface area contributed by atoms with Crippen molar-refractivity contribution in [2.45, 2.75) is 32.7 Å². The van der Waals surface area contributed by atoms with Crippen LogP contribution in [0.15, 0.2) is 35.8 Å². The van der Waals surface area contributed by atoms with E-state index in [9.17, 15) is 4.79 Å². The molecule has 2 aromatic rings. The summed E-state index contributed by atoms with van der Waals surface area (Å²) in [6.45, 7) is 4.30. The molecule has 2 heterocycles. The summed E-state index contributed by atoms with van der Waals surface area (Å²) in [6.07, 6.45) is 3.72. The van der Waals surface area contributed by atoms with Crippen LogP contribution in [0.3, 0.4) is 0 Å². The number of nitrogens with one attached hydrogen (secondary N) is 1. The quantitative estimate of drug-likeness (QED) is 0.776. The van der Waals surface area contributed by atoms with E-state index in [4.69, 9.17) is 4.74 Å². The molecule has 2 rings (SSSR count). The first-order chi connectivity index (χ1) is 10.3. The van der Waals surface area contributed by atoms with E-state index in [0.29, 0.717) is 18.0 Å². The Kier molecular flexibility index (Phi) is 5.75. The molecule has 0 saturated carbocycles. The van der Waals surface area contributed by atoms with Crippen molar-refractivity contribution in [1.82, 2.24) is 4.98 Å². The lowest BCUT2D eigenvalue weighted by Gasteiger charge is -2.19. The molecule has 5 heteroatoms. The molecule has 2 aromatic heterocycles. The Labute approximate surface area is 129 Å².